The molecule has 51 heavy (non-hydrogen) atoms. The van der Waals surface area contributed by atoms with Gasteiger partial charge >= 0.3 is 0 Å². The van der Waals surface area contributed by atoms with E-state index in [9.17, 15) is 19.1 Å². The molecular weight excluding hydrogens is 649 g/mol. The van der Waals surface area contributed by atoms with Gasteiger partial charge in [-0.25, -0.2) is 9.37 Å². The summed E-state index contributed by atoms with van der Waals surface area (Å²) < 4.78 is 22.5. The highest BCUT2D eigenvalue weighted by atomic mass is 19.1. The number of carbonyl (C=O) groups excluding carboxylic acids is 2. The van der Waals surface area contributed by atoms with Gasteiger partial charge in [0, 0.05) is 61.6 Å². The van der Waals surface area contributed by atoms with E-state index in [4.69, 9.17) is 4.74 Å². The molecule has 1 aliphatic carbocycles. The average molecular weight is 696 g/mol. The van der Waals surface area contributed by atoms with E-state index in [1.165, 1.54) is 0 Å². The molecule has 12 heteroatoms. The molecule has 7 rings (SSSR count). The number of phenols is 1. The second-order valence-electron chi connectivity index (χ2n) is 14.3. The van der Waals surface area contributed by atoms with Crippen LogP contribution in [0, 0.1) is 5.82 Å². The van der Waals surface area contributed by atoms with Gasteiger partial charge in [0.2, 0.25) is 5.88 Å². The van der Waals surface area contributed by atoms with Crippen LogP contribution in [0.2, 0.25) is 0 Å². The third-order valence-corrected chi connectivity index (χ3v) is 10.1. The lowest BCUT2D eigenvalue weighted by Crippen LogP contribution is -2.53. The predicted octanol–water partition coefficient (Wildman–Crippen LogP) is 5.57. The first kappa shape index (κ1) is 34.6. The largest absolute Gasteiger partial charge is 0.508 e. The van der Waals surface area contributed by atoms with Crippen LogP contribution >= 0.6 is 0 Å². The molecule has 2 fully saturated rings. The van der Waals surface area contributed by atoms with Crippen molar-refractivity contribution < 1.29 is 23.8 Å². The first-order valence-electron chi connectivity index (χ1n) is 18.1. The SMILES string of the molecule is C[C@@H]1CN(Cc2cc(-c3cccc(Oc4ncc(F)cc4C(=O)N[C@H]4CC[C@@H](NC(=O)c5cc6n(n5)CCCC6)CC4)c3)ccc2O)C[C@H](C)N1. The molecular formula is C39H46FN7O4. The highest BCUT2D eigenvalue weighted by molar-refractivity contribution is 5.96. The summed E-state index contributed by atoms with van der Waals surface area (Å²) in [6, 6.07) is 16.6. The minimum Gasteiger partial charge on any atom is -0.508 e. The lowest BCUT2D eigenvalue weighted by Gasteiger charge is -2.36. The summed E-state index contributed by atoms with van der Waals surface area (Å²) in [6.07, 6.45) is 6.91. The molecule has 2 aromatic heterocycles. The molecule has 4 aromatic rings. The molecule has 3 aliphatic rings. The van der Waals surface area contributed by atoms with Gasteiger partial charge in [-0.05, 0) is 106 Å². The quantitative estimate of drug-likeness (QED) is 0.179. The van der Waals surface area contributed by atoms with Gasteiger partial charge in [-0.15, -0.1) is 0 Å². The summed E-state index contributed by atoms with van der Waals surface area (Å²) in [7, 11) is 0. The van der Waals surface area contributed by atoms with Gasteiger partial charge in [0.15, 0.2) is 0 Å². The van der Waals surface area contributed by atoms with Gasteiger partial charge < -0.3 is 25.8 Å². The van der Waals surface area contributed by atoms with Crippen molar-refractivity contribution >= 4 is 11.8 Å². The van der Waals surface area contributed by atoms with Crippen LogP contribution in [-0.2, 0) is 19.5 Å². The van der Waals surface area contributed by atoms with Crippen molar-refractivity contribution in [2.45, 2.75) is 96.1 Å². The van der Waals surface area contributed by atoms with Gasteiger partial charge in [0.05, 0.1) is 6.20 Å². The Bertz CT molecular complexity index is 1860. The molecule has 2 amide bonds. The lowest BCUT2D eigenvalue weighted by molar-refractivity contribution is 0.0887. The number of aromatic nitrogens is 3. The van der Waals surface area contributed by atoms with E-state index in [0.29, 0.717) is 55.8 Å². The summed E-state index contributed by atoms with van der Waals surface area (Å²) in [5.74, 6) is -0.575. The zero-order chi connectivity index (χ0) is 35.5. The van der Waals surface area contributed by atoms with Gasteiger partial charge in [0.1, 0.15) is 28.6 Å². The number of ether oxygens (including phenoxy) is 1. The number of amides is 2. The number of hydrogen-bond donors (Lipinski definition) is 4. The van der Waals surface area contributed by atoms with Crippen molar-refractivity contribution in [3.05, 3.63) is 89.1 Å². The number of hydrogen-bond acceptors (Lipinski definition) is 8. The maximum absolute atomic E-state index is 14.4. The number of pyridine rings is 1. The summed E-state index contributed by atoms with van der Waals surface area (Å²) in [6.45, 7) is 7.60. The van der Waals surface area contributed by atoms with Crippen molar-refractivity contribution in [3.8, 4) is 28.5 Å². The number of phenolic OH excluding ortho intramolecular Hbond substituents is 1. The Hall–Kier alpha value is -4.81. The molecule has 0 radical (unpaired) electrons. The summed E-state index contributed by atoms with van der Waals surface area (Å²) in [5, 5.41) is 24.8. The Morgan fingerprint density at radius 2 is 1.67 bits per heavy atom. The van der Waals surface area contributed by atoms with Crippen LogP contribution in [0.4, 0.5) is 4.39 Å². The standard InChI is InChI=1S/C39H46FN7O4/c1-24-21-46(22-25(2)42-24)23-28-16-27(9-14-36(28)48)26-6-5-8-33(17-26)51-39-34(18-29(40)20-41-39)37(49)43-30-10-12-31(13-11-30)44-38(50)35-19-32-7-3-4-15-47(32)45-35/h5-6,8-9,14,16-20,24-25,30-31,42,48H,3-4,7,10-13,15,21-23H2,1-2H3,(H,43,49)(H,44,50)/t24-,25+,30-,31+. The number of nitrogens with one attached hydrogen (secondary N) is 3. The van der Waals surface area contributed by atoms with Crippen LogP contribution in [0.5, 0.6) is 17.4 Å². The van der Waals surface area contributed by atoms with Crippen molar-refractivity contribution in [2.24, 2.45) is 0 Å². The van der Waals surface area contributed by atoms with Crippen LogP contribution in [-0.4, -0.2) is 73.8 Å². The molecule has 0 bridgehead atoms. The maximum Gasteiger partial charge on any atom is 0.272 e. The topological polar surface area (TPSA) is 134 Å². The van der Waals surface area contributed by atoms with Crippen LogP contribution in [0.25, 0.3) is 11.1 Å². The first-order valence-corrected chi connectivity index (χ1v) is 18.1. The molecule has 2 aromatic carbocycles. The fourth-order valence-electron chi connectivity index (χ4n) is 7.66. The molecule has 4 heterocycles. The Kier molecular flexibility index (Phi) is 10.3. The molecule has 2 aliphatic heterocycles. The van der Waals surface area contributed by atoms with Crippen LogP contribution in [0.1, 0.15) is 84.5 Å². The molecule has 1 saturated heterocycles. The fraction of sp³-hybridized carbons (Fsp3) is 0.436. The van der Waals surface area contributed by atoms with Crippen molar-refractivity contribution in [2.75, 3.05) is 13.1 Å². The van der Waals surface area contributed by atoms with Gasteiger partial charge in [-0.3, -0.25) is 19.2 Å². The number of aryl methyl sites for hydroxylation is 2. The van der Waals surface area contributed by atoms with E-state index in [1.807, 2.05) is 41.1 Å². The van der Waals surface area contributed by atoms with E-state index in [2.05, 4.69) is 44.8 Å². The monoisotopic (exact) mass is 695 g/mol. The average Bonchev–Trinajstić information content (AvgIpc) is 3.55. The van der Waals surface area contributed by atoms with E-state index in [0.717, 1.165) is 73.5 Å². The smallest absolute Gasteiger partial charge is 0.272 e. The van der Waals surface area contributed by atoms with Crippen LogP contribution in [0.15, 0.2) is 60.8 Å². The van der Waals surface area contributed by atoms with Gasteiger partial charge in [0.25, 0.3) is 11.8 Å². The minimum absolute atomic E-state index is 0.00288. The molecule has 0 spiro atoms. The predicted molar refractivity (Wildman–Crippen MR) is 191 cm³/mol. The molecule has 0 unspecified atom stereocenters. The number of nitrogens with zero attached hydrogens (tertiary/aromatic N) is 4. The number of rotatable bonds is 9. The Morgan fingerprint density at radius 1 is 0.941 bits per heavy atom. The lowest BCUT2D eigenvalue weighted by atomic mass is 9.91. The fourth-order valence-corrected chi connectivity index (χ4v) is 7.66. The summed E-state index contributed by atoms with van der Waals surface area (Å²) >= 11 is 0. The number of aromatic hydroxyl groups is 1. The van der Waals surface area contributed by atoms with Crippen LogP contribution < -0.4 is 20.7 Å². The first-order chi connectivity index (χ1) is 24.7. The third kappa shape index (κ3) is 8.40. The number of halogens is 1. The van der Waals surface area contributed by atoms with E-state index in [1.54, 1.807) is 12.1 Å². The Morgan fingerprint density at radius 3 is 2.41 bits per heavy atom. The summed E-state index contributed by atoms with van der Waals surface area (Å²) in [4.78, 5) is 32.8. The number of benzene rings is 2. The second-order valence-corrected chi connectivity index (χ2v) is 14.3. The summed E-state index contributed by atoms with van der Waals surface area (Å²) in [5.41, 5.74) is 4.18. The van der Waals surface area contributed by atoms with E-state index in [-0.39, 0.29) is 35.2 Å². The van der Waals surface area contributed by atoms with Gasteiger partial charge in [-0.1, -0.05) is 18.2 Å². The maximum atomic E-state index is 14.4. The number of piperazine rings is 1. The highest BCUT2D eigenvalue weighted by Crippen LogP contribution is 2.32. The third-order valence-electron chi connectivity index (χ3n) is 10.1. The number of fused-ring (bicyclic) bond motifs is 1. The van der Waals surface area contributed by atoms with Crippen molar-refractivity contribution in [3.63, 3.8) is 0 Å². The highest BCUT2D eigenvalue weighted by Gasteiger charge is 2.27. The molecule has 11 nitrogen and oxygen atoms in total. The van der Waals surface area contributed by atoms with Crippen molar-refractivity contribution in [1.29, 1.82) is 0 Å². The minimum atomic E-state index is -0.640. The molecule has 2 atom stereocenters. The van der Waals surface area contributed by atoms with Crippen LogP contribution in [0.3, 0.4) is 0 Å². The number of carbonyl (C=O) groups is 2. The van der Waals surface area contributed by atoms with E-state index >= 15 is 0 Å². The van der Waals surface area contributed by atoms with Crippen molar-refractivity contribution in [1.82, 2.24) is 35.6 Å². The normalized spacial score (nSPS) is 22.2. The van der Waals surface area contributed by atoms with E-state index < -0.39 is 11.7 Å². The molecule has 1 saturated carbocycles. The molecule has 4 N–H and O–H groups in total. The molecule has 268 valence electrons. The zero-order valence-corrected chi connectivity index (χ0v) is 29.2. The zero-order valence-electron chi connectivity index (χ0n) is 29.2. The Balaban J connectivity index is 0.975. The second kappa shape index (κ2) is 15.2. The van der Waals surface area contributed by atoms with Gasteiger partial charge in [-0.2, -0.15) is 5.10 Å². The Labute approximate surface area is 297 Å².